The lowest BCUT2D eigenvalue weighted by Gasteiger charge is -2.38. The Morgan fingerprint density at radius 2 is 2.11 bits per heavy atom. The van der Waals surface area contributed by atoms with Crippen molar-refractivity contribution in [3.8, 4) is 0 Å². The van der Waals surface area contributed by atoms with Gasteiger partial charge in [-0.15, -0.1) is 0 Å². The Kier molecular flexibility index (Phi) is 2.09. The van der Waals surface area contributed by atoms with Crippen LogP contribution in [0.3, 0.4) is 0 Å². The van der Waals surface area contributed by atoms with Crippen LogP contribution in [0.2, 0.25) is 0 Å². The first-order valence-corrected chi connectivity index (χ1v) is 3.67. The van der Waals surface area contributed by atoms with E-state index in [1.807, 2.05) is 0 Å². The van der Waals surface area contributed by atoms with Crippen molar-refractivity contribution in [3.05, 3.63) is 0 Å². The summed E-state index contributed by atoms with van der Waals surface area (Å²) in [5.74, 6) is 0. The van der Waals surface area contributed by atoms with E-state index >= 15 is 0 Å². The number of hydrogen-bond donors (Lipinski definition) is 2. The Hall–Kier alpha value is -0.0800. The fraction of sp³-hybridized carbons (Fsp3) is 1.00. The summed E-state index contributed by atoms with van der Waals surface area (Å²) >= 11 is 0. The van der Waals surface area contributed by atoms with E-state index in [9.17, 15) is 0 Å². The third-order valence-electron chi connectivity index (χ3n) is 2.18. The monoisotopic (exact) mass is 129 g/mol. The second-order valence-electron chi connectivity index (χ2n) is 3.04. The van der Waals surface area contributed by atoms with Crippen LogP contribution in [0.15, 0.2) is 0 Å². The highest BCUT2D eigenvalue weighted by atomic mass is 16.2. The van der Waals surface area contributed by atoms with Gasteiger partial charge in [-0.3, -0.25) is 0 Å². The van der Waals surface area contributed by atoms with E-state index in [1.165, 1.54) is 6.42 Å². The van der Waals surface area contributed by atoms with Crippen molar-refractivity contribution in [2.24, 2.45) is 5.73 Å². The molecule has 0 atom stereocenters. The van der Waals surface area contributed by atoms with E-state index in [0.717, 1.165) is 25.7 Å². The Labute approximate surface area is 56.1 Å². The first-order chi connectivity index (χ1) is 4.27. The zero-order valence-electron chi connectivity index (χ0n) is 5.77. The van der Waals surface area contributed by atoms with Gasteiger partial charge in [0, 0.05) is 12.1 Å². The van der Waals surface area contributed by atoms with E-state index in [1.54, 1.807) is 0 Å². The lowest BCUT2D eigenvalue weighted by atomic mass is 9.75. The molecule has 0 amide bonds. The van der Waals surface area contributed by atoms with Crippen LogP contribution >= 0.6 is 0 Å². The zero-order valence-corrected chi connectivity index (χ0v) is 5.77. The summed E-state index contributed by atoms with van der Waals surface area (Å²) in [4.78, 5) is 0. The molecule has 2 heteroatoms. The van der Waals surface area contributed by atoms with Gasteiger partial charge in [-0.05, 0) is 32.1 Å². The third-order valence-corrected chi connectivity index (χ3v) is 2.18. The molecule has 0 saturated heterocycles. The van der Waals surface area contributed by atoms with Gasteiger partial charge in [0.25, 0.3) is 0 Å². The van der Waals surface area contributed by atoms with Gasteiger partial charge >= 0.3 is 0 Å². The molecule has 0 aromatic carbocycles. The highest BCUT2D eigenvalue weighted by Gasteiger charge is 2.31. The summed E-state index contributed by atoms with van der Waals surface area (Å²) in [6.07, 6.45) is 5.47. The molecule has 0 aromatic rings. The van der Waals surface area contributed by atoms with Crippen molar-refractivity contribution in [2.45, 2.75) is 37.6 Å². The molecule has 0 unspecified atom stereocenters. The van der Waals surface area contributed by atoms with Crippen LogP contribution in [-0.2, 0) is 0 Å². The van der Waals surface area contributed by atoms with Gasteiger partial charge in [-0.25, -0.2) is 0 Å². The maximum Gasteiger partial charge on any atom is 0.0431 e. The smallest absolute Gasteiger partial charge is 0.0431 e. The van der Waals surface area contributed by atoms with Crippen molar-refractivity contribution in [1.29, 1.82) is 0 Å². The summed E-state index contributed by atoms with van der Waals surface area (Å²) in [5.41, 5.74) is 5.99. The Bertz CT molecular complexity index is 88.9. The van der Waals surface area contributed by atoms with Crippen LogP contribution in [0, 0.1) is 0 Å². The maximum absolute atomic E-state index is 8.49. The van der Waals surface area contributed by atoms with E-state index in [-0.39, 0.29) is 5.54 Å². The molecule has 1 rings (SSSR count). The van der Waals surface area contributed by atoms with Crippen LogP contribution in [-0.4, -0.2) is 17.3 Å². The molecule has 2 nitrogen and oxygen atoms in total. The second kappa shape index (κ2) is 2.67. The topological polar surface area (TPSA) is 46.2 Å². The molecule has 0 radical (unpaired) electrons. The summed E-state index contributed by atoms with van der Waals surface area (Å²) in [6.45, 7) is 0.291. The number of rotatable bonds is 3. The van der Waals surface area contributed by atoms with Crippen LogP contribution in [0.5, 0.6) is 0 Å². The molecule has 0 spiro atoms. The quantitative estimate of drug-likeness (QED) is 0.587. The molecule has 3 N–H and O–H groups in total. The molecular weight excluding hydrogens is 114 g/mol. The van der Waals surface area contributed by atoms with E-state index in [0.29, 0.717) is 6.61 Å². The molecule has 1 aliphatic rings. The summed E-state index contributed by atoms with van der Waals surface area (Å²) in [6, 6.07) is 0. The van der Waals surface area contributed by atoms with Crippen LogP contribution < -0.4 is 5.73 Å². The molecule has 1 fully saturated rings. The standard InChI is InChI=1S/C7H15NO/c8-7(3-1-4-7)5-2-6-9/h9H,1-6,8H2. The molecule has 0 aromatic heterocycles. The van der Waals surface area contributed by atoms with Crippen LogP contribution in [0.1, 0.15) is 32.1 Å². The normalized spacial score (nSPS) is 23.3. The van der Waals surface area contributed by atoms with Crippen LogP contribution in [0.25, 0.3) is 0 Å². The number of nitrogens with two attached hydrogens (primary N) is 1. The average Bonchev–Trinajstić information content (AvgIpc) is 1.79. The van der Waals surface area contributed by atoms with Gasteiger partial charge in [0.1, 0.15) is 0 Å². The SMILES string of the molecule is NC1(CCCO)CCC1. The summed E-state index contributed by atoms with van der Waals surface area (Å²) in [5, 5.41) is 8.49. The van der Waals surface area contributed by atoms with Crippen molar-refractivity contribution >= 4 is 0 Å². The van der Waals surface area contributed by atoms with Gasteiger partial charge in [0.05, 0.1) is 0 Å². The third kappa shape index (κ3) is 1.66. The highest BCUT2D eigenvalue weighted by Crippen LogP contribution is 2.32. The minimum Gasteiger partial charge on any atom is -0.396 e. The fourth-order valence-electron chi connectivity index (χ4n) is 1.31. The summed E-state index contributed by atoms with van der Waals surface area (Å²) < 4.78 is 0. The molecule has 0 heterocycles. The first kappa shape index (κ1) is 7.03. The predicted molar refractivity (Wildman–Crippen MR) is 37.1 cm³/mol. The van der Waals surface area contributed by atoms with Gasteiger partial charge in [-0.2, -0.15) is 0 Å². The molecule has 1 saturated carbocycles. The lowest BCUT2D eigenvalue weighted by Crippen LogP contribution is -2.46. The van der Waals surface area contributed by atoms with E-state index in [4.69, 9.17) is 10.8 Å². The fourth-order valence-corrected chi connectivity index (χ4v) is 1.31. The van der Waals surface area contributed by atoms with Gasteiger partial charge in [-0.1, -0.05) is 0 Å². The zero-order chi connectivity index (χ0) is 6.74. The Morgan fingerprint density at radius 3 is 2.44 bits per heavy atom. The lowest BCUT2D eigenvalue weighted by molar-refractivity contribution is 0.198. The number of aliphatic hydroxyl groups excluding tert-OH is 1. The molecular formula is C7H15NO. The van der Waals surface area contributed by atoms with Crippen LogP contribution in [0.4, 0.5) is 0 Å². The Balaban J connectivity index is 2.09. The first-order valence-electron chi connectivity index (χ1n) is 3.67. The maximum atomic E-state index is 8.49. The molecule has 54 valence electrons. The van der Waals surface area contributed by atoms with Gasteiger partial charge < -0.3 is 10.8 Å². The van der Waals surface area contributed by atoms with Crippen molar-refractivity contribution < 1.29 is 5.11 Å². The highest BCUT2D eigenvalue weighted by molar-refractivity contribution is 4.91. The molecule has 9 heavy (non-hydrogen) atoms. The summed E-state index contributed by atoms with van der Waals surface area (Å²) in [7, 11) is 0. The van der Waals surface area contributed by atoms with Crippen molar-refractivity contribution in [3.63, 3.8) is 0 Å². The van der Waals surface area contributed by atoms with Crippen molar-refractivity contribution in [2.75, 3.05) is 6.61 Å². The number of aliphatic hydroxyl groups is 1. The largest absolute Gasteiger partial charge is 0.396 e. The molecule has 0 aliphatic heterocycles. The minimum atomic E-state index is 0.114. The second-order valence-corrected chi connectivity index (χ2v) is 3.04. The van der Waals surface area contributed by atoms with Gasteiger partial charge in [0.2, 0.25) is 0 Å². The minimum absolute atomic E-state index is 0.114. The number of hydrogen-bond acceptors (Lipinski definition) is 2. The predicted octanol–water partition coefficient (Wildman–Crippen LogP) is 0.640. The van der Waals surface area contributed by atoms with E-state index in [2.05, 4.69) is 0 Å². The molecule has 1 aliphatic carbocycles. The Morgan fingerprint density at radius 1 is 1.44 bits per heavy atom. The van der Waals surface area contributed by atoms with Gasteiger partial charge in [0.15, 0.2) is 0 Å². The molecule has 0 bridgehead atoms. The van der Waals surface area contributed by atoms with Crippen molar-refractivity contribution in [1.82, 2.24) is 0 Å². The average molecular weight is 129 g/mol. The van der Waals surface area contributed by atoms with E-state index < -0.39 is 0 Å².